The minimum Gasteiger partial charge on any atom is -0.319 e. The van der Waals surface area contributed by atoms with Crippen LogP contribution in [0.4, 0.5) is 4.79 Å². The van der Waals surface area contributed by atoms with Crippen molar-refractivity contribution in [3.8, 4) is 6.07 Å². The molecule has 1 fully saturated rings. The van der Waals surface area contributed by atoms with Crippen LogP contribution >= 0.6 is 15.9 Å². The molecule has 88 valence electrons. The molecule has 1 aliphatic rings. The van der Waals surface area contributed by atoms with E-state index in [0.717, 1.165) is 10.0 Å². The summed E-state index contributed by atoms with van der Waals surface area (Å²) >= 11 is 3.42. The highest BCUT2D eigenvalue weighted by molar-refractivity contribution is 9.10. The number of amides is 2. The average molecular weight is 294 g/mol. The van der Waals surface area contributed by atoms with E-state index < -0.39 is 0 Å². The third kappa shape index (κ3) is 2.27. The number of likely N-dealkylation sites (N-methyl/N-ethyl adjacent to an activating group) is 1. The number of carbonyl (C=O) groups excluding carboxylic acids is 1. The standard InChI is InChI=1S/C12H12BrN3O/c1-15-11(8-16(6-5-14)12(15)17)9-3-2-4-10(13)7-9/h2-4,7,11H,6,8H2,1H3. The SMILES string of the molecule is CN1C(=O)N(CC#N)CC1c1cccc(Br)c1. The second-order valence-electron chi connectivity index (χ2n) is 4.00. The highest BCUT2D eigenvalue weighted by Gasteiger charge is 2.35. The number of hydrogen-bond acceptors (Lipinski definition) is 2. The predicted octanol–water partition coefficient (Wildman–Crippen LogP) is 2.38. The highest BCUT2D eigenvalue weighted by Crippen LogP contribution is 2.29. The molecule has 2 rings (SSSR count). The van der Waals surface area contributed by atoms with Crippen molar-refractivity contribution < 1.29 is 4.79 Å². The summed E-state index contributed by atoms with van der Waals surface area (Å²) in [5.41, 5.74) is 1.08. The zero-order valence-corrected chi connectivity index (χ0v) is 11.0. The van der Waals surface area contributed by atoms with Crippen molar-refractivity contribution in [1.82, 2.24) is 9.80 Å². The van der Waals surface area contributed by atoms with Crippen LogP contribution in [0, 0.1) is 11.3 Å². The van der Waals surface area contributed by atoms with E-state index in [1.54, 1.807) is 16.8 Å². The van der Waals surface area contributed by atoms with E-state index >= 15 is 0 Å². The van der Waals surface area contributed by atoms with Gasteiger partial charge in [-0.05, 0) is 17.7 Å². The third-order valence-corrected chi connectivity index (χ3v) is 3.42. The molecule has 5 heteroatoms. The molecule has 0 radical (unpaired) electrons. The van der Waals surface area contributed by atoms with Crippen molar-refractivity contribution in [2.45, 2.75) is 6.04 Å². The Bertz CT molecular complexity index is 483. The van der Waals surface area contributed by atoms with Crippen molar-refractivity contribution in [1.29, 1.82) is 5.26 Å². The van der Waals surface area contributed by atoms with Gasteiger partial charge in [0.25, 0.3) is 0 Å². The predicted molar refractivity (Wildman–Crippen MR) is 67.2 cm³/mol. The molecule has 1 atom stereocenters. The number of rotatable bonds is 2. The molecular weight excluding hydrogens is 282 g/mol. The molecule has 2 amide bonds. The van der Waals surface area contributed by atoms with Gasteiger partial charge in [0, 0.05) is 18.1 Å². The van der Waals surface area contributed by atoms with Crippen LogP contribution in [0.15, 0.2) is 28.7 Å². The lowest BCUT2D eigenvalue weighted by molar-refractivity contribution is 0.199. The van der Waals surface area contributed by atoms with Crippen LogP contribution in [0.3, 0.4) is 0 Å². The lowest BCUT2D eigenvalue weighted by Gasteiger charge is -2.18. The molecule has 1 unspecified atom stereocenters. The minimum absolute atomic E-state index is 0.0216. The lowest BCUT2D eigenvalue weighted by atomic mass is 10.1. The van der Waals surface area contributed by atoms with E-state index in [4.69, 9.17) is 5.26 Å². The maximum absolute atomic E-state index is 11.9. The monoisotopic (exact) mass is 293 g/mol. The lowest BCUT2D eigenvalue weighted by Crippen LogP contribution is -2.29. The van der Waals surface area contributed by atoms with Gasteiger partial charge in [0.2, 0.25) is 0 Å². The first-order valence-corrected chi connectivity index (χ1v) is 6.07. The Morgan fingerprint density at radius 2 is 2.35 bits per heavy atom. The fourth-order valence-electron chi connectivity index (χ4n) is 2.03. The molecule has 0 aliphatic carbocycles. The second kappa shape index (κ2) is 4.76. The van der Waals surface area contributed by atoms with E-state index in [-0.39, 0.29) is 18.6 Å². The van der Waals surface area contributed by atoms with Crippen molar-refractivity contribution in [2.24, 2.45) is 0 Å². The molecule has 0 N–H and O–H groups in total. The van der Waals surface area contributed by atoms with Crippen LogP contribution in [0.5, 0.6) is 0 Å². The number of hydrogen-bond donors (Lipinski definition) is 0. The zero-order valence-electron chi connectivity index (χ0n) is 9.43. The molecule has 1 aliphatic heterocycles. The van der Waals surface area contributed by atoms with Crippen LogP contribution in [-0.4, -0.2) is 36.0 Å². The summed E-state index contributed by atoms with van der Waals surface area (Å²) in [5, 5.41) is 8.66. The molecule has 0 aromatic heterocycles. The van der Waals surface area contributed by atoms with Gasteiger partial charge in [0.05, 0.1) is 12.1 Å². The van der Waals surface area contributed by atoms with Gasteiger partial charge < -0.3 is 9.80 Å². The van der Waals surface area contributed by atoms with Crippen molar-refractivity contribution in [3.63, 3.8) is 0 Å². The van der Waals surface area contributed by atoms with E-state index in [0.29, 0.717) is 6.54 Å². The molecule has 1 heterocycles. The Labute approximate surface area is 109 Å². The molecule has 17 heavy (non-hydrogen) atoms. The first-order chi connectivity index (χ1) is 8.13. The van der Waals surface area contributed by atoms with Gasteiger partial charge in [-0.25, -0.2) is 4.79 Å². The summed E-state index contributed by atoms with van der Waals surface area (Å²) in [6.45, 7) is 0.715. The quantitative estimate of drug-likeness (QED) is 0.786. The van der Waals surface area contributed by atoms with Crippen LogP contribution in [-0.2, 0) is 0 Å². The Morgan fingerprint density at radius 1 is 1.59 bits per heavy atom. The summed E-state index contributed by atoms with van der Waals surface area (Å²) in [6.07, 6.45) is 0. The Hall–Kier alpha value is -1.54. The number of benzene rings is 1. The molecule has 0 spiro atoms. The molecule has 1 saturated heterocycles. The van der Waals surface area contributed by atoms with Gasteiger partial charge in [0.15, 0.2) is 0 Å². The van der Waals surface area contributed by atoms with Gasteiger partial charge in [-0.2, -0.15) is 5.26 Å². The van der Waals surface area contributed by atoms with Crippen LogP contribution < -0.4 is 0 Å². The zero-order chi connectivity index (χ0) is 12.4. The normalized spacial score (nSPS) is 19.6. The van der Waals surface area contributed by atoms with E-state index in [2.05, 4.69) is 15.9 Å². The molecular formula is C12H12BrN3O. The second-order valence-corrected chi connectivity index (χ2v) is 4.92. The van der Waals surface area contributed by atoms with Crippen LogP contribution in [0.2, 0.25) is 0 Å². The Morgan fingerprint density at radius 3 is 3.00 bits per heavy atom. The molecule has 1 aromatic rings. The first-order valence-electron chi connectivity index (χ1n) is 5.27. The van der Waals surface area contributed by atoms with Gasteiger partial charge >= 0.3 is 6.03 Å². The topological polar surface area (TPSA) is 47.3 Å². The summed E-state index contributed by atoms with van der Waals surface area (Å²) < 4.78 is 0.995. The number of halogens is 1. The fourth-order valence-corrected chi connectivity index (χ4v) is 2.44. The largest absolute Gasteiger partial charge is 0.321 e. The third-order valence-electron chi connectivity index (χ3n) is 2.93. The maximum Gasteiger partial charge on any atom is 0.321 e. The number of nitrogens with zero attached hydrogens (tertiary/aromatic N) is 3. The van der Waals surface area contributed by atoms with E-state index in [1.807, 2.05) is 30.3 Å². The van der Waals surface area contributed by atoms with Crippen molar-refractivity contribution in [2.75, 3.05) is 20.1 Å². The van der Waals surface area contributed by atoms with Gasteiger partial charge in [-0.1, -0.05) is 28.1 Å². The average Bonchev–Trinajstić information content (AvgIpc) is 2.58. The number of urea groups is 1. The van der Waals surface area contributed by atoms with Crippen LogP contribution in [0.25, 0.3) is 0 Å². The van der Waals surface area contributed by atoms with Crippen molar-refractivity contribution in [3.05, 3.63) is 34.3 Å². The van der Waals surface area contributed by atoms with Gasteiger partial charge in [-0.3, -0.25) is 0 Å². The van der Waals surface area contributed by atoms with E-state index in [1.165, 1.54) is 0 Å². The number of carbonyl (C=O) groups is 1. The molecule has 4 nitrogen and oxygen atoms in total. The molecule has 1 aromatic carbocycles. The first kappa shape index (κ1) is 11.9. The Kier molecular flexibility index (Phi) is 3.34. The van der Waals surface area contributed by atoms with E-state index in [9.17, 15) is 4.79 Å². The highest BCUT2D eigenvalue weighted by atomic mass is 79.9. The summed E-state index contributed by atoms with van der Waals surface area (Å²) in [6, 6.07) is 9.85. The minimum atomic E-state index is -0.0866. The van der Waals surface area contributed by atoms with Gasteiger partial charge in [0.1, 0.15) is 6.54 Å². The van der Waals surface area contributed by atoms with Crippen LogP contribution in [0.1, 0.15) is 11.6 Å². The number of nitriles is 1. The van der Waals surface area contributed by atoms with Crippen molar-refractivity contribution >= 4 is 22.0 Å². The van der Waals surface area contributed by atoms with Gasteiger partial charge in [-0.15, -0.1) is 0 Å². The Balaban J connectivity index is 2.24. The summed E-state index contributed by atoms with van der Waals surface area (Å²) in [5.74, 6) is 0. The molecule has 0 bridgehead atoms. The fraction of sp³-hybridized carbons (Fsp3) is 0.333. The summed E-state index contributed by atoms with van der Waals surface area (Å²) in [4.78, 5) is 15.1. The maximum atomic E-state index is 11.9. The smallest absolute Gasteiger partial charge is 0.319 e. The summed E-state index contributed by atoms with van der Waals surface area (Å²) in [7, 11) is 1.77. The molecule has 0 saturated carbocycles.